The summed E-state index contributed by atoms with van der Waals surface area (Å²) in [5, 5.41) is 5.39. The van der Waals surface area contributed by atoms with Crippen molar-refractivity contribution in [1.29, 1.82) is 0 Å². The fourth-order valence-corrected chi connectivity index (χ4v) is 3.19. The molecule has 1 aromatic carbocycles. The van der Waals surface area contributed by atoms with Gasteiger partial charge in [-0.3, -0.25) is 4.79 Å². The smallest absolute Gasteiger partial charge is 0.312 e. The average molecular weight is 346 g/mol. The van der Waals surface area contributed by atoms with Gasteiger partial charge in [-0.05, 0) is 49.4 Å². The van der Waals surface area contributed by atoms with Crippen molar-refractivity contribution in [3.63, 3.8) is 0 Å². The Balaban J connectivity index is 1.98. The molecule has 0 aromatic heterocycles. The van der Waals surface area contributed by atoms with Crippen LogP contribution in [-0.4, -0.2) is 31.1 Å². The first-order valence-corrected chi connectivity index (χ1v) is 9.17. The van der Waals surface area contributed by atoms with E-state index in [1.54, 1.807) is 0 Å². The molecular weight excluding hydrogens is 316 g/mol. The summed E-state index contributed by atoms with van der Waals surface area (Å²) >= 11 is 0. The zero-order valence-corrected chi connectivity index (χ0v) is 15.3. The second-order valence-electron chi connectivity index (χ2n) is 7.13. The molecule has 4 N–H and O–H groups in total. The van der Waals surface area contributed by atoms with Crippen LogP contribution in [0.4, 0.5) is 16.2 Å². The molecule has 0 aliphatic carbocycles. The van der Waals surface area contributed by atoms with Crippen LogP contribution in [0.25, 0.3) is 0 Å². The summed E-state index contributed by atoms with van der Waals surface area (Å²) in [6, 6.07) is 6.60. The molecule has 0 saturated carbocycles. The number of nitrogens with two attached hydrogens (primary N) is 1. The molecule has 1 aromatic rings. The van der Waals surface area contributed by atoms with E-state index in [0.29, 0.717) is 6.42 Å². The molecule has 6 heteroatoms. The summed E-state index contributed by atoms with van der Waals surface area (Å²) in [5.74, 6) is 0.0306. The number of nitrogens with zero attached hydrogens (tertiary/aromatic N) is 1. The van der Waals surface area contributed by atoms with E-state index in [0.717, 1.165) is 18.8 Å². The van der Waals surface area contributed by atoms with Gasteiger partial charge in [0.15, 0.2) is 0 Å². The summed E-state index contributed by atoms with van der Waals surface area (Å²) in [5.41, 5.74) is 7.09. The maximum Gasteiger partial charge on any atom is 0.312 e. The third-order valence-corrected chi connectivity index (χ3v) is 4.45. The van der Waals surface area contributed by atoms with E-state index >= 15 is 0 Å². The number of benzene rings is 1. The van der Waals surface area contributed by atoms with E-state index in [1.807, 2.05) is 38.1 Å². The van der Waals surface area contributed by atoms with E-state index in [1.165, 1.54) is 31.4 Å². The van der Waals surface area contributed by atoms with Crippen molar-refractivity contribution in [2.45, 2.75) is 52.0 Å². The van der Waals surface area contributed by atoms with Gasteiger partial charge in [-0.1, -0.05) is 26.7 Å². The van der Waals surface area contributed by atoms with Gasteiger partial charge in [0.2, 0.25) is 5.91 Å². The molecular formula is C19H30N4O2. The number of anilines is 2. The molecule has 0 radical (unpaired) electrons. The molecule has 6 nitrogen and oxygen atoms in total. The average Bonchev–Trinajstić information content (AvgIpc) is 2.83. The first-order chi connectivity index (χ1) is 12.0. The number of primary amides is 1. The van der Waals surface area contributed by atoms with E-state index in [9.17, 15) is 9.59 Å². The number of carbonyl (C=O) groups is 2. The predicted molar refractivity (Wildman–Crippen MR) is 102 cm³/mol. The topological polar surface area (TPSA) is 87.5 Å². The Morgan fingerprint density at radius 1 is 1.08 bits per heavy atom. The van der Waals surface area contributed by atoms with E-state index in [4.69, 9.17) is 5.73 Å². The highest BCUT2D eigenvalue weighted by Crippen LogP contribution is 2.22. The molecule has 3 amide bonds. The van der Waals surface area contributed by atoms with Gasteiger partial charge in [0.25, 0.3) is 0 Å². The zero-order chi connectivity index (χ0) is 18.2. The Morgan fingerprint density at radius 3 is 2.20 bits per heavy atom. The lowest BCUT2D eigenvalue weighted by Gasteiger charge is -2.23. The third kappa shape index (κ3) is 6.29. The van der Waals surface area contributed by atoms with Crippen molar-refractivity contribution in [1.82, 2.24) is 5.32 Å². The monoisotopic (exact) mass is 346 g/mol. The van der Waals surface area contributed by atoms with Gasteiger partial charge in [0.1, 0.15) is 6.04 Å². The molecule has 0 spiro atoms. The van der Waals surface area contributed by atoms with Crippen LogP contribution in [-0.2, 0) is 4.79 Å². The Morgan fingerprint density at radius 2 is 1.68 bits per heavy atom. The molecule has 0 unspecified atom stereocenters. The number of amides is 3. The zero-order valence-electron chi connectivity index (χ0n) is 15.3. The number of hydrogen-bond donors (Lipinski definition) is 3. The first kappa shape index (κ1) is 19.1. The number of carbonyl (C=O) groups excluding carboxylic acids is 2. The van der Waals surface area contributed by atoms with Crippen molar-refractivity contribution in [2.75, 3.05) is 23.3 Å². The fraction of sp³-hybridized carbons (Fsp3) is 0.579. The van der Waals surface area contributed by atoms with Gasteiger partial charge in [0, 0.05) is 24.5 Å². The molecule has 1 aliphatic rings. The van der Waals surface area contributed by atoms with Crippen LogP contribution < -0.4 is 21.3 Å². The first-order valence-electron chi connectivity index (χ1n) is 9.17. The second-order valence-corrected chi connectivity index (χ2v) is 7.13. The lowest BCUT2D eigenvalue weighted by molar-refractivity contribution is -0.118. The van der Waals surface area contributed by atoms with Crippen LogP contribution in [0.1, 0.15) is 46.0 Å². The van der Waals surface area contributed by atoms with Crippen molar-refractivity contribution in [3.8, 4) is 0 Å². The van der Waals surface area contributed by atoms with Crippen LogP contribution in [0.15, 0.2) is 24.3 Å². The van der Waals surface area contributed by atoms with Crippen molar-refractivity contribution >= 4 is 23.3 Å². The number of urea groups is 1. The Bertz CT molecular complexity index is 563. The molecule has 1 atom stereocenters. The minimum absolute atomic E-state index is 0.241. The Hall–Kier alpha value is -2.24. The van der Waals surface area contributed by atoms with Gasteiger partial charge in [0.05, 0.1) is 0 Å². The maximum absolute atomic E-state index is 12.4. The lowest BCUT2D eigenvalue weighted by atomic mass is 10.0. The van der Waals surface area contributed by atoms with Gasteiger partial charge in [-0.25, -0.2) is 4.79 Å². The third-order valence-electron chi connectivity index (χ3n) is 4.45. The molecule has 25 heavy (non-hydrogen) atoms. The van der Waals surface area contributed by atoms with Crippen molar-refractivity contribution < 1.29 is 9.59 Å². The van der Waals surface area contributed by atoms with Gasteiger partial charge >= 0.3 is 6.03 Å². The van der Waals surface area contributed by atoms with Crippen molar-refractivity contribution in [2.24, 2.45) is 11.7 Å². The molecule has 1 heterocycles. The SMILES string of the molecule is CC(C)C[C@@H](NC(N)=O)C(=O)Nc1ccc(N2CCCCCC2)cc1. The molecule has 1 aliphatic heterocycles. The van der Waals surface area contributed by atoms with Gasteiger partial charge < -0.3 is 21.3 Å². The summed E-state index contributed by atoms with van der Waals surface area (Å²) < 4.78 is 0. The van der Waals surface area contributed by atoms with E-state index in [-0.39, 0.29) is 11.8 Å². The van der Waals surface area contributed by atoms with Crippen LogP contribution in [0.3, 0.4) is 0 Å². The fourth-order valence-electron chi connectivity index (χ4n) is 3.19. The highest BCUT2D eigenvalue weighted by Gasteiger charge is 2.21. The summed E-state index contributed by atoms with van der Waals surface area (Å²) in [6.07, 6.45) is 5.60. The molecule has 0 bridgehead atoms. The molecule has 1 saturated heterocycles. The normalized spacial score (nSPS) is 16.2. The molecule has 2 rings (SSSR count). The maximum atomic E-state index is 12.4. The van der Waals surface area contributed by atoms with Gasteiger partial charge in [-0.15, -0.1) is 0 Å². The Labute approximate surface area is 150 Å². The van der Waals surface area contributed by atoms with Crippen LogP contribution >= 0.6 is 0 Å². The lowest BCUT2D eigenvalue weighted by Crippen LogP contribution is -2.46. The van der Waals surface area contributed by atoms with Crippen molar-refractivity contribution in [3.05, 3.63) is 24.3 Å². The summed E-state index contributed by atoms with van der Waals surface area (Å²) in [7, 11) is 0. The van der Waals surface area contributed by atoms with Crippen LogP contribution in [0.2, 0.25) is 0 Å². The largest absolute Gasteiger partial charge is 0.372 e. The highest BCUT2D eigenvalue weighted by molar-refractivity contribution is 5.96. The Kier molecular flexibility index (Phi) is 7.10. The predicted octanol–water partition coefficient (Wildman–Crippen LogP) is 3.09. The number of nitrogens with one attached hydrogen (secondary N) is 2. The molecule has 138 valence electrons. The minimum atomic E-state index is -0.683. The number of rotatable bonds is 6. The standard InChI is InChI=1S/C19H30N4O2/c1-14(2)13-17(22-19(20)25)18(24)21-15-7-9-16(10-8-15)23-11-5-3-4-6-12-23/h7-10,14,17H,3-6,11-13H2,1-2H3,(H,21,24)(H3,20,22,25)/t17-/m1/s1. The van der Waals surface area contributed by atoms with Crippen LogP contribution in [0, 0.1) is 5.92 Å². The van der Waals surface area contributed by atoms with E-state index in [2.05, 4.69) is 15.5 Å². The molecule has 1 fully saturated rings. The van der Waals surface area contributed by atoms with Gasteiger partial charge in [-0.2, -0.15) is 0 Å². The number of hydrogen-bond acceptors (Lipinski definition) is 3. The second kappa shape index (κ2) is 9.30. The minimum Gasteiger partial charge on any atom is -0.372 e. The summed E-state index contributed by atoms with van der Waals surface area (Å²) in [4.78, 5) is 25.9. The highest BCUT2D eigenvalue weighted by atomic mass is 16.2. The quantitative estimate of drug-likeness (QED) is 0.739. The van der Waals surface area contributed by atoms with E-state index < -0.39 is 12.1 Å². The summed E-state index contributed by atoms with van der Waals surface area (Å²) in [6.45, 7) is 6.17. The van der Waals surface area contributed by atoms with Crippen LogP contribution in [0.5, 0.6) is 0 Å².